The van der Waals surface area contributed by atoms with Gasteiger partial charge in [0, 0.05) is 25.2 Å². The van der Waals surface area contributed by atoms with Crippen LogP contribution in [0.15, 0.2) is 24.3 Å². The van der Waals surface area contributed by atoms with E-state index in [4.69, 9.17) is 0 Å². The second kappa shape index (κ2) is 5.71. The molecule has 1 aliphatic heterocycles. The van der Waals surface area contributed by atoms with Crippen LogP contribution in [0, 0.1) is 0 Å². The normalized spacial score (nSPS) is 14.3. The Kier molecular flexibility index (Phi) is 4.02. The van der Waals surface area contributed by atoms with Gasteiger partial charge in [0.2, 0.25) is 0 Å². The molecule has 0 aromatic heterocycles. The first kappa shape index (κ1) is 12.0. The van der Waals surface area contributed by atoms with Crippen molar-refractivity contribution in [2.75, 3.05) is 25.1 Å². The molecule has 0 atom stereocenters. The predicted octanol–water partition coefficient (Wildman–Crippen LogP) is 2.39. The fraction of sp³-hybridized carbons (Fsp3) is 0.500. The Hall–Kier alpha value is -1.51. The molecule has 17 heavy (non-hydrogen) atoms. The number of esters is 1. The van der Waals surface area contributed by atoms with Crippen LogP contribution in [0.3, 0.4) is 0 Å². The maximum atomic E-state index is 11.1. The molecule has 1 heterocycles. The molecule has 0 N–H and O–H groups in total. The monoisotopic (exact) mass is 233 g/mol. The Balaban J connectivity index is 1.92. The van der Waals surface area contributed by atoms with E-state index in [9.17, 15) is 4.79 Å². The Bertz CT molecular complexity index is 390. The van der Waals surface area contributed by atoms with Gasteiger partial charge in [-0.15, -0.1) is 0 Å². The molecule has 1 aliphatic rings. The standard InChI is InChI=1S/C14H19NO2/c1-17-14(16)9-5-11-15-10-4-7-12-6-2-3-8-13(12)15/h2-3,6,8H,4-5,7,9-11H2,1H3. The quantitative estimate of drug-likeness (QED) is 0.748. The van der Waals surface area contributed by atoms with E-state index >= 15 is 0 Å². The van der Waals surface area contributed by atoms with E-state index < -0.39 is 0 Å². The van der Waals surface area contributed by atoms with E-state index in [1.807, 2.05) is 0 Å². The molecular formula is C14H19NO2. The number of carbonyl (C=O) groups is 1. The van der Waals surface area contributed by atoms with Crippen molar-refractivity contribution in [1.82, 2.24) is 0 Å². The highest BCUT2D eigenvalue weighted by atomic mass is 16.5. The zero-order valence-corrected chi connectivity index (χ0v) is 10.3. The molecule has 0 spiro atoms. The summed E-state index contributed by atoms with van der Waals surface area (Å²) in [5.41, 5.74) is 2.76. The van der Waals surface area contributed by atoms with Gasteiger partial charge in [0.25, 0.3) is 0 Å². The summed E-state index contributed by atoms with van der Waals surface area (Å²) in [7, 11) is 1.44. The molecule has 1 aromatic carbocycles. The van der Waals surface area contributed by atoms with Gasteiger partial charge >= 0.3 is 5.97 Å². The lowest BCUT2D eigenvalue weighted by Gasteiger charge is -2.31. The first-order valence-corrected chi connectivity index (χ1v) is 6.21. The van der Waals surface area contributed by atoms with E-state index in [1.54, 1.807) is 0 Å². The van der Waals surface area contributed by atoms with Crippen LogP contribution in [0.2, 0.25) is 0 Å². The predicted molar refractivity (Wildman–Crippen MR) is 68.2 cm³/mol. The molecule has 0 radical (unpaired) electrons. The van der Waals surface area contributed by atoms with E-state index in [2.05, 4.69) is 33.9 Å². The number of ether oxygens (including phenoxy) is 1. The number of hydrogen-bond acceptors (Lipinski definition) is 3. The minimum absolute atomic E-state index is 0.115. The molecule has 0 amide bonds. The third kappa shape index (κ3) is 2.99. The van der Waals surface area contributed by atoms with Crippen LogP contribution < -0.4 is 4.90 Å². The van der Waals surface area contributed by atoms with Gasteiger partial charge in [-0.05, 0) is 30.9 Å². The van der Waals surface area contributed by atoms with Crippen LogP contribution in [-0.4, -0.2) is 26.2 Å². The summed E-state index contributed by atoms with van der Waals surface area (Å²) in [5.74, 6) is -0.115. The van der Waals surface area contributed by atoms with Crippen molar-refractivity contribution in [3.05, 3.63) is 29.8 Å². The summed E-state index contributed by atoms with van der Waals surface area (Å²) < 4.78 is 4.65. The van der Waals surface area contributed by atoms with Gasteiger partial charge in [-0.3, -0.25) is 4.79 Å². The third-order valence-electron chi connectivity index (χ3n) is 3.24. The van der Waals surface area contributed by atoms with E-state index in [0.717, 1.165) is 19.5 Å². The number of nitrogens with zero attached hydrogens (tertiary/aromatic N) is 1. The Morgan fingerprint density at radius 2 is 2.24 bits per heavy atom. The molecule has 3 heteroatoms. The molecule has 0 bridgehead atoms. The van der Waals surface area contributed by atoms with Crippen molar-refractivity contribution >= 4 is 11.7 Å². The number of carbonyl (C=O) groups excluding carboxylic acids is 1. The van der Waals surface area contributed by atoms with Crippen molar-refractivity contribution < 1.29 is 9.53 Å². The summed E-state index contributed by atoms with van der Waals surface area (Å²) >= 11 is 0. The highest BCUT2D eigenvalue weighted by Gasteiger charge is 2.15. The van der Waals surface area contributed by atoms with Crippen LogP contribution in [-0.2, 0) is 16.0 Å². The average Bonchev–Trinajstić information content (AvgIpc) is 2.39. The van der Waals surface area contributed by atoms with Crippen molar-refractivity contribution in [1.29, 1.82) is 0 Å². The summed E-state index contributed by atoms with van der Waals surface area (Å²) in [6.45, 7) is 2.03. The Morgan fingerprint density at radius 1 is 1.41 bits per heavy atom. The smallest absolute Gasteiger partial charge is 0.305 e. The maximum absolute atomic E-state index is 11.1. The fourth-order valence-electron chi connectivity index (χ4n) is 2.36. The highest BCUT2D eigenvalue weighted by molar-refractivity contribution is 5.69. The van der Waals surface area contributed by atoms with Crippen LogP contribution in [0.4, 0.5) is 5.69 Å². The third-order valence-corrected chi connectivity index (χ3v) is 3.24. The van der Waals surface area contributed by atoms with Crippen molar-refractivity contribution in [3.63, 3.8) is 0 Å². The lowest BCUT2D eigenvalue weighted by Crippen LogP contribution is -2.30. The molecule has 0 saturated carbocycles. The van der Waals surface area contributed by atoms with Crippen LogP contribution in [0.5, 0.6) is 0 Å². The molecule has 0 saturated heterocycles. The number of anilines is 1. The lowest BCUT2D eigenvalue weighted by atomic mass is 10.0. The largest absolute Gasteiger partial charge is 0.469 e. The highest BCUT2D eigenvalue weighted by Crippen LogP contribution is 2.26. The van der Waals surface area contributed by atoms with Gasteiger partial charge in [0.1, 0.15) is 0 Å². The lowest BCUT2D eigenvalue weighted by molar-refractivity contribution is -0.140. The first-order valence-electron chi connectivity index (χ1n) is 6.21. The van der Waals surface area contributed by atoms with Gasteiger partial charge < -0.3 is 9.64 Å². The van der Waals surface area contributed by atoms with Gasteiger partial charge in [0.15, 0.2) is 0 Å². The number of methoxy groups -OCH3 is 1. The first-order chi connectivity index (χ1) is 8.31. The Labute approximate surface area is 102 Å². The number of fused-ring (bicyclic) bond motifs is 1. The van der Waals surface area contributed by atoms with E-state index in [-0.39, 0.29) is 5.97 Å². The molecule has 0 fully saturated rings. The van der Waals surface area contributed by atoms with Gasteiger partial charge in [-0.2, -0.15) is 0 Å². The van der Waals surface area contributed by atoms with Gasteiger partial charge in [-0.1, -0.05) is 18.2 Å². The molecule has 0 aliphatic carbocycles. The van der Waals surface area contributed by atoms with Crippen LogP contribution >= 0.6 is 0 Å². The number of rotatable bonds is 4. The SMILES string of the molecule is COC(=O)CCCN1CCCc2ccccc21. The van der Waals surface area contributed by atoms with Gasteiger partial charge in [-0.25, -0.2) is 0 Å². The summed E-state index contributed by atoms with van der Waals surface area (Å²) in [4.78, 5) is 13.4. The van der Waals surface area contributed by atoms with Crippen LogP contribution in [0.1, 0.15) is 24.8 Å². The van der Waals surface area contributed by atoms with Crippen molar-refractivity contribution in [3.8, 4) is 0 Å². The summed E-state index contributed by atoms with van der Waals surface area (Å²) in [6.07, 6.45) is 3.75. The number of aryl methyl sites for hydroxylation is 1. The van der Waals surface area contributed by atoms with Gasteiger partial charge in [0.05, 0.1) is 7.11 Å². The minimum atomic E-state index is -0.115. The van der Waals surface area contributed by atoms with E-state index in [1.165, 1.54) is 31.2 Å². The van der Waals surface area contributed by atoms with Crippen molar-refractivity contribution in [2.45, 2.75) is 25.7 Å². The van der Waals surface area contributed by atoms with E-state index in [0.29, 0.717) is 6.42 Å². The summed E-state index contributed by atoms with van der Waals surface area (Å²) in [5, 5.41) is 0. The molecule has 0 unspecified atom stereocenters. The summed E-state index contributed by atoms with van der Waals surface area (Å²) in [6, 6.07) is 8.54. The molecule has 2 rings (SSSR count). The van der Waals surface area contributed by atoms with Crippen LogP contribution in [0.25, 0.3) is 0 Å². The molecule has 3 nitrogen and oxygen atoms in total. The molecule has 1 aromatic rings. The second-order valence-electron chi connectivity index (χ2n) is 4.40. The van der Waals surface area contributed by atoms with Crippen molar-refractivity contribution in [2.24, 2.45) is 0 Å². The zero-order valence-electron chi connectivity index (χ0n) is 10.3. The second-order valence-corrected chi connectivity index (χ2v) is 4.40. The maximum Gasteiger partial charge on any atom is 0.305 e. The molecular weight excluding hydrogens is 214 g/mol. The minimum Gasteiger partial charge on any atom is -0.469 e. The average molecular weight is 233 g/mol. The number of hydrogen-bond donors (Lipinski definition) is 0. The number of benzene rings is 1. The number of para-hydroxylation sites is 1. The Morgan fingerprint density at radius 3 is 3.06 bits per heavy atom. The molecule has 92 valence electrons. The fourth-order valence-corrected chi connectivity index (χ4v) is 2.36. The topological polar surface area (TPSA) is 29.5 Å². The zero-order chi connectivity index (χ0) is 12.1.